The second-order valence-corrected chi connectivity index (χ2v) is 12.9. The molecule has 1 aliphatic carbocycles. The average molecular weight is 639 g/mol. The van der Waals surface area contributed by atoms with Crippen molar-refractivity contribution in [2.24, 2.45) is 0 Å². The normalized spacial score (nSPS) is 13.1. The standard InChI is InChI=1S/C47H30N2O/c1-3-15-31(16-4-1)42-30-43(32-17-5-2-6-18-32)49-46(48-42)37-22-8-7-19-34(37)33-27-28-45-41(29-33)47(40-25-13-14-26-44(40)50-45)38-23-11-9-20-35(38)36-21-10-12-24-39(36)47/h1-30H. The maximum absolute atomic E-state index is 6.70. The van der Waals surface area contributed by atoms with Crippen molar-refractivity contribution in [2.75, 3.05) is 0 Å². The van der Waals surface area contributed by atoms with Crippen LogP contribution in [0.25, 0.3) is 56.2 Å². The van der Waals surface area contributed by atoms with Crippen molar-refractivity contribution >= 4 is 0 Å². The Hall–Kier alpha value is -6.58. The van der Waals surface area contributed by atoms with Crippen LogP contribution in [-0.4, -0.2) is 9.97 Å². The van der Waals surface area contributed by atoms with Gasteiger partial charge in [0.15, 0.2) is 5.82 Å². The molecule has 2 heterocycles. The minimum atomic E-state index is -0.535. The maximum Gasteiger partial charge on any atom is 0.161 e. The molecular weight excluding hydrogens is 609 g/mol. The van der Waals surface area contributed by atoms with E-state index in [2.05, 4.69) is 170 Å². The summed E-state index contributed by atoms with van der Waals surface area (Å²) in [5.41, 5.74) is 13.8. The highest BCUT2D eigenvalue weighted by Gasteiger charge is 2.51. The zero-order valence-corrected chi connectivity index (χ0v) is 27.1. The summed E-state index contributed by atoms with van der Waals surface area (Å²) in [6, 6.07) is 64.1. The molecule has 3 heteroatoms. The molecule has 0 bridgehead atoms. The number of aromatic nitrogens is 2. The van der Waals surface area contributed by atoms with E-state index in [0.29, 0.717) is 5.82 Å². The molecule has 8 aromatic rings. The van der Waals surface area contributed by atoms with Crippen LogP contribution < -0.4 is 4.74 Å². The van der Waals surface area contributed by atoms with Crippen LogP contribution in [0, 0.1) is 0 Å². The van der Waals surface area contributed by atoms with Gasteiger partial charge in [0.1, 0.15) is 11.5 Å². The van der Waals surface area contributed by atoms with Crippen LogP contribution in [0.3, 0.4) is 0 Å². The van der Waals surface area contributed by atoms with Gasteiger partial charge in [0, 0.05) is 27.8 Å². The van der Waals surface area contributed by atoms with Crippen molar-refractivity contribution in [3.8, 4) is 67.7 Å². The Morgan fingerprint density at radius 2 is 0.820 bits per heavy atom. The van der Waals surface area contributed by atoms with Crippen molar-refractivity contribution in [3.05, 3.63) is 204 Å². The van der Waals surface area contributed by atoms with Gasteiger partial charge in [-0.15, -0.1) is 0 Å². The molecule has 10 rings (SSSR count). The molecule has 0 amide bonds. The van der Waals surface area contributed by atoms with E-state index in [0.717, 1.165) is 61.8 Å². The van der Waals surface area contributed by atoms with Crippen LogP contribution in [0.4, 0.5) is 0 Å². The maximum atomic E-state index is 6.70. The van der Waals surface area contributed by atoms with Gasteiger partial charge in [-0.3, -0.25) is 0 Å². The molecule has 1 spiro atoms. The highest BCUT2D eigenvalue weighted by molar-refractivity contribution is 5.90. The lowest BCUT2D eigenvalue weighted by atomic mass is 9.65. The summed E-state index contributed by atoms with van der Waals surface area (Å²) in [6.07, 6.45) is 0. The predicted molar refractivity (Wildman–Crippen MR) is 201 cm³/mol. The van der Waals surface area contributed by atoms with Gasteiger partial charge in [0.2, 0.25) is 0 Å². The number of benzene rings is 7. The zero-order chi connectivity index (χ0) is 33.1. The molecule has 7 aromatic carbocycles. The second-order valence-electron chi connectivity index (χ2n) is 12.9. The Kier molecular flexibility index (Phi) is 6.40. The smallest absolute Gasteiger partial charge is 0.161 e. The van der Waals surface area contributed by atoms with Crippen LogP contribution in [-0.2, 0) is 5.41 Å². The van der Waals surface area contributed by atoms with Gasteiger partial charge in [0.25, 0.3) is 0 Å². The largest absolute Gasteiger partial charge is 0.457 e. The first-order valence-corrected chi connectivity index (χ1v) is 17.0. The number of nitrogens with zero attached hydrogens (tertiary/aromatic N) is 2. The fourth-order valence-corrected chi connectivity index (χ4v) is 8.04. The summed E-state index contributed by atoms with van der Waals surface area (Å²) in [6.45, 7) is 0. The van der Waals surface area contributed by atoms with Crippen molar-refractivity contribution in [1.29, 1.82) is 0 Å². The molecular formula is C47H30N2O. The van der Waals surface area contributed by atoms with E-state index in [-0.39, 0.29) is 0 Å². The van der Waals surface area contributed by atoms with E-state index in [1.54, 1.807) is 0 Å². The summed E-state index contributed by atoms with van der Waals surface area (Å²) >= 11 is 0. The summed E-state index contributed by atoms with van der Waals surface area (Å²) in [4.78, 5) is 10.4. The monoisotopic (exact) mass is 638 g/mol. The summed E-state index contributed by atoms with van der Waals surface area (Å²) in [5, 5.41) is 0. The Morgan fingerprint density at radius 3 is 1.44 bits per heavy atom. The summed E-state index contributed by atoms with van der Waals surface area (Å²) in [7, 11) is 0. The van der Waals surface area contributed by atoms with Crippen molar-refractivity contribution < 1.29 is 4.74 Å². The quantitative estimate of drug-likeness (QED) is 0.192. The minimum Gasteiger partial charge on any atom is -0.457 e. The van der Waals surface area contributed by atoms with Gasteiger partial charge in [-0.2, -0.15) is 0 Å². The average Bonchev–Trinajstić information content (AvgIpc) is 3.49. The Bertz CT molecular complexity index is 2470. The summed E-state index contributed by atoms with van der Waals surface area (Å²) < 4.78 is 6.70. The fourth-order valence-electron chi connectivity index (χ4n) is 8.04. The van der Waals surface area contributed by atoms with Crippen LogP contribution in [0.5, 0.6) is 11.5 Å². The van der Waals surface area contributed by atoms with E-state index in [1.807, 2.05) is 12.1 Å². The number of fused-ring (bicyclic) bond motifs is 9. The topological polar surface area (TPSA) is 35.0 Å². The van der Waals surface area contributed by atoms with E-state index < -0.39 is 5.41 Å². The van der Waals surface area contributed by atoms with Gasteiger partial charge < -0.3 is 4.74 Å². The number of hydrogen-bond acceptors (Lipinski definition) is 3. The number of rotatable bonds is 4. The molecule has 3 nitrogen and oxygen atoms in total. The van der Waals surface area contributed by atoms with Crippen LogP contribution in [0.2, 0.25) is 0 Å². The lowest BCUT2D eigenvalue weighted by Gasteiger charge is -2.39. The van der Waals surface area contributed by atoms with Crippen LogP contribution in [0.15, 0.2) is 182 Å². The van der Waals surface area contributed by atoms with E-state index >= 15 is 0 Å². The van der Waals surface area contributed by atoms with Crippen molar-refractivity contribution in [3.63, 3.8) is 0 Å². The molecule has 0 radical (unpaired) electrons. The molecule has 234 valence electrons. The lowest BCUT2D eigenvalue weighted by molar-refractivity contribution is 0.436. The lowest BCUT2D eigenvalue weighted by Crippen LogP contribution is -2.32. The fraction of sp³-hybridized carbons (Fsp3) is 0.0213. The molecule has 50 heavy (non-hydrogen) atoms. The molecule has 0 saturated carbocycles. The third-order valence-electron chi connectivity index (χ3n) is 10.2. The molecule has 0 atom stereocenters. The zero-order valence-electron chi connectivity index (χ0n) is 27.1. The van der Waals surface area contributed by atoms with Crippen molar-refractivity contribution in [2.45, 2.75) is 5.41 Å². The highest BCUT2D eigenvalue weighted by Crippen LogP contribution is 2.62. The van der Waals surface area contributed by atoms with Gasteiger partial charge in [-0.1, -0.05) is 158 Å². The predicted octanol–water partition coefficient (Wildman–Crippen LogP) is 11.6. The molecule has 1 aromatic heterocycles. The van der Waals surface area contributed by atoms with Gasteiger partial charge >= 0.3 is 0 Å². The minimum absolute atomic E-state index is 0.535. The first-order valence-electron chi connectivity index (χ1n) is 17.0. The van der Waals surface area contributed by atoms with E-state index in [4.69, 9.17) is 14.7 Å². The SMILES string of the molecule is c1ccc(-c2cc(-c3ccccc3)nc(-c3ccccc3-c3ccc4c(c3)C3(c5ccccc5O4)c4ccccc4-c4ccccc43)n2)cc1. The Morgan fingerprint density at radius 1 is 0.340 bits per heavy atom. The molecule has 0 fully saturated rings. The second kappa shape index (κ2) is 11.3. The highest BCUT2D eigenvalue weighted by atomic mass is 16.5. The number of ether oxygens (including phenoxy) is 1. The Labute approximate surface area is 291 Å². The third-order valence-corrected chi connectivity index (χ3v) is 10.2. The number of hydrogen-bond donors (Lipinski definition) is 0. The summed E-state index contributed by atoms with van der Waals surface area (Å²) in [5.74, 6) is 2.44. The molecule has 2 aliphatic rings. The first-order chi connectivity index (χ1) is 24.8. The molecule has 0 saturated heterocycles. The first kappa shape index (κ1) is 28.4. The van der Waals surface area contributed by atoms with Gasteiger partial charge in [0.05, 0.1) is 16.8 Å². The van der Waals surface area contributed by atoms with Crippen molar-refractivity contribution in [1.82, 2.24) is 9.97 Å². The Balaban J connectivity index is 1.21. The van der Waals surface area contributed by atoms with E-state index in [9.17, 15) is 0 Å². The van der Waals surface area contributed by atoms with Gasteiger partial charge in [-0.25, -0.2) is 9.97 Å². The molecule has 0 N–H and O–H groups in total. The van der Waals surface area contributed by atoms with Gasteiger partial charge in [-0.05, 0) is 57.6 Å². The third kappa shape index (κ3) is 4.23. The van der Waals surface area contributed by atoms with Crippen LogP contribution >= 0.6 is 0 Å². The van der Waals surface area contributed by atoms with Crippen LogP contribution in [0.1, 0.15) is 22.3 Å². The van der Waals surface area contributed by atoms with E-state index in [1.165, 1.54) is 22.3 Å². The molecule has 1 aliphatic heterocycles. The molecule has 0 unspecified atom stereocenters. The number of para-hydroxylation sites is 1.